The predicted octanol–water partition coefficient (Wildman–Crippen LogP) is 13.7. The Balaban J connectivity index is 0.000000198. The number of carbonyl (C=O) groups is 2. The van der Waals surface area contributed by atoms with Crippen molar-refractivity contribution in [1.82, 2.24) is 49.7 Å². The third-order valence-corrected chi connectivity index (χ3v) is 18.8. The van der Waals surface area contributed by atoms with E-state index in [0.29, 0.717) is 42.5 Å². The second-order valence-corrected chi connectivity index (χ2v) is 26.1. The summed E-state index contributed by atoms with van der Waals surface area (Å²) >= 11 is 14.1. The molecule has 5 aromatic carbocycles. The minimum Gasteiger partial charge on any atom is -0.395 e. The summed E-state index contributed by atoms with van der Waals surface area (Å²) in [5.41, 5.74) is 12.7. The third-order valence-electron chi connectivity index (χ3n) is 17.0. The number of likely N-dealkylation sites (tertiary alicyclic amines) is 1. The zero-order chi connectivity index (χ0) is 62.9. The number of nitrogens with zero attached hydrogens (tertiary/aromatic N) is 9. The maximum Gasteiger partial charge on any atom is 0.141 e. The lowest BCUT2D eigenvalue weighted by Crippen LogP contribution is -2.36. The van der Waals surface area contributed by atoms with Gasteiger partial charge >= 0.3 is 0 Å². The number of aromatic amines is 1. The molecule has 16 nitrogen and oxygen atoms in total. The second-order valence-electron chi connectivity index (χ2n) is 24.2. The van der Waals surface area contributed by atoms with Gasteiger partial charge in [0, 0.05) is 111 Å². The van der Waals surface area contributed by atoms with E-state index >= 15 is 0 Å². The number of imidazole rings is 2. The molecule has 2 unspecified atom stereocenters. The summed E-state index contributed by atoms with van der Waals surface area (Å²) in [4.78, 5) is 46.8. The van der Waals surface area contributed by atoms with Gasteiger partial charge in [0.05, 0.1) is 62.5 Å². The molecule has 2 aliphatic heterocycles. The number of halogens is 2. The Bertz CT molecular complexity index is 3730. The average Bonchev–Trinajstić information content (AvgIpc) is 1.71. The molecule has 90 heavy (non-hydrogen) atoms. The van der Waals surface area contributed by atoms with Crippen molar-refractivity contribution in [2.45, 2.75) is 110 Å². The molecule has 0 saturated carbocycles. The van der Waals surface area contributed by atoms with E-state index in [4.69, 9.17) is 37.9 Å². The molecule has 2 atom stereocenters. The lowest BCUT2D eigenvalue weighted by atomic mass is 10.0. The number of carbonyl (C=O) groups excluding carboxylic acids is 2. The molecule has 11 rings (SSSR count). The van der Waals surface area contributed by atoms with Crippen molar-refractivity contribution >= 4 is 79.5 Å². The Morgan fingerprint density at radius 3 is 1.88 bits per heavy atom. The summed E-state index contributed by atoms with van der Waals surface area (Å²) in [6.07, 6.45) is 9.61. The molecular weight excluding hydrogens is 1190 g/mol. The molecule has 0 spiro atoms. The number of rotatable bonds is 29. The number of thiophene rings is 1. The highest BCUT2D eigenvalue weighted by atomic mass is 35.5. The summed E-state index contributed by atoms with van der Waals surface area (Å²) in [7, 11) is 4.20. The Morgan fingerprint density at radius 2 is 1.30 bits per heavy atom. The van der Waals surface area contributed by atoms with Crippen molar-refractivity contribution in [3.05, 3.63) is 159 Å². The minimum absolute atomic E-state index is 0.123. The number of hydrogen-bond donors (Lipinski definition) is 4. The van der Waals surface area contributed by atoms with Crippen LogP contribution in [-0.4, -0.2) is 142 Å². The molecule has 0 aliphatic carbocycles. The summed E-state index contributed by atoms with van der Waals surface area (Å²) in [5.74, 6) is 2.20. The third kappa shape index (κ3) is 17.6. The topological polar surface area (TPSA) is 165 Å². The number of ether oxygens (including phenoxy) is 1. The quantitative estimate of drug-likeness (QED) is 0.0350. The van der Waals surface area contributed by atoms with Gasteiger partial charge in [0.2, 0.25) is 0 Å². The largest absolute Gasteiger partial charge is 0.395 e. The highest BCUT2D eigenvalue weighted by Crippen LogP contribution is 2.34. The number of morpholine rings is 1. The summed E-state index contributed by atoms with van der Waals surface area (Å²) in [6, 6.07) is 41.8. The van der Waals surface area contributed by atoms with Gasteiger partial charge < -0.3 is 49.2 Å². The first-order chi connectivity index (χ1) is 43.8. The van der Waals surface area contributed by atoms with Crippen molar-refractivity contribution < 1.29 is 19.4 Å². The number of ketones is 2. The van der Waals surface area contributed by atoms with Crippen LogP contribution in [0, 0.1) is 0 Å². The van der Waals surface area contributed by atoms with Gasteiger partial charge in [-0.1, -0.05) is 54.7 Å². The van der Waals surface area contributed by atoms with Crippen LogP contribution in [0.5, 0.6) is 0 Å². The highest BCUT2D eigenvalue weighted by molar-refractivity contribution is 7.15. The molecule has 2 saturated heterocycles. The van der Waals surface area contributed by atoms with Gasteiger partial charge in [0.1, 0.15) is 23.2 Å². The van der Waals surface area contributed by atoms with E-state index in [1.165, 1.54) is 42.9 Å². The van der Waals surface area contributed by atoms with Crippen LogP contribution in [-0.2, 0) is 40.5 Å². The van der Waals surface area contributed by atoms with Gasteiger partial charge in [-0.25, -0.2) is 9.97 Å². The van der Waals surface area contributed by atoms with Crippen molar-refractivity contribution in [2.75, 3.05) is 96.1 Å². The number of benzene rings is 5. The SMILES string of the molecule is CC(=O)CC(NCc1ccc(Cl)c(Cl)c1)c1ccc2c(c1)nc(-c1ccc(N3CCOCC3)cc1)n2CCCN1CCCCC1.CCCN(CCO)c1ccc(-c2nc3cc(C(CC(C)=O)NCc4ccc(-c5ccn[nH]5)s4)ccc3n2CCCN(C)C)cc1. The number of anilines is 2. The number of aromatic nitrogens is 6. The number of fused-ring (bicyclic) bond motifs is 2. The van der Waals surface area contributed by atoms with E-state index in [9.17, 15) is 14.7 Å². The zero-order valence-electron chi connectivity index (χ0n) is 52.9. The van der Waals surface area contributed by atoms with Gasteiger partial charge in [0.25, 0.3) is 0 Å². The maximum absolute atomic E-state index is 12.3. The van der Waals surface area contributed by atoms with E-state index in [-0.39, 0.29) is 30.3 Å². The number of H-pyrrole nitrogens is 1. The Hall–Kier alpha value is -6.77. The van der Waals surface area contributed by atoms with Gasteiger partial charge in [0.15, 0.2) is 0 Å². The second kappa shape index (κ2) is 32.5. The van der Waals surface area contributed by atoms with Crippen LogP contribution < -0.4 is 20.4 Å². The normalized spacial score (nSPS) is 14.5. The van der Waals surface area contributed by atoms with Gasteiger partial charge in [-0.3, -0.25) is 14.7 Å². The predicted molar refractivity (Wildman–Crippen MR) is 369 cm³/mol. The first-order valence-electron chi connectivity index (χ1n) is 32.1. The molecular formula is C71H88Cl2N12O4S. The first-order valence-corrected chi connectivity index (χ1v) is 33.6. The smallest absolute Gasteiger partial charge is 0.141 e. The van der Waals surface area contributed by atoms with E-state index in [2.05, 4.69) is 168 Å². The molecule has 4 aromatic heterocycles. The van der Waals surface area contributed by atoms with Gasteiger partial charge in [-0.05, 0) is 206 Å². The first kappa shape index (κ1) is 66.2. The number of aliphatic hydroxyl groups is 1. The van der Waals surface area contributed by atoms with E-state index in [1.54, 1.807) is 37.4 Å². The van der Waals surface area contributed by atoms with Gasteiger partial charge in [-0.15, -0.1) is 11.3 Å². The monoisotopic (exact) mass is 1270 g/mol. The number of aryl methyl sites for hydroxylation is 2. The van der Waals surface area contributed by atoms with Crippen LogP contribution in [0.25, 0.3) is 55.4 Å². The Labute approximate surface area is 544 Å². The molecule has 9 aromatic rings. The van der Waals surface area contributed by atoms with Crippen molar-refractivity contribution in [3.8, 4) is 33.3 Å². The molecule has 476 valence electrons. The number of piperidine rings is 1. The van der Waals surface area contributed by atoms with Crippen LogP contribution in [0.4, 0.5) is 11.4 Å². The maximum atomic E-state index is 12.3. The van der Waals surface area contributed by atoms with Gasteiger partial charge in [-0.2, -0.15) is 5.10 Å². The molecule has 6 heterocycles. The molecule has 0 radical (unpaired) electrons. The van der Waals surface area contributed by atoms with Crippen LogP contribution in [0.2, 0.25) is 10.0 Å². The van der Waals surface area contributed by atoms with Crippen LogP contribution in [0.3, 0.4) is 0 Å². The highest BCUT2D eigenvalue weighted by Gasteiger charge is 2.23. The van der Waals surface area contributed by atoms with Crippen molar-refractivity contribution in [1.29, 1.82) is 0 Å². The van der Waals surface area contributed by atoms with E-state index in [1.807, 2.05) is 18.2 Å². The fourth-order valence-electron chi connectivity index (χ4n) is 12.3. The average molecular weight is 1280 g/mol. The van der Waals surface area contributed by atoms with E-state index in [0.717, 1.165) is 156 Å². The van der Waals surface area contributed by atoms with Crippen molar-refractivity contribution in [3.63, 3.8) is 0 Å². The fourth-order valence-corrected chi connectivity index (χ4v) is 13.6. The Kier molecular flexibility index (Phi) is 23.9. The van der Waals surface area contributed by atoms with Crippen LogP contribution >= 0.6 is 34.5 Å². The zero-order valence-corrected chi connectivity index (χ0v) is 55.2. The number of nitrogens with one attached hydrogen (secondary N) is 3. The number of Topliss-reactive ketones (excluding diaryl/α,β-unsaturated/α-hetero) is 2. The lowest BCUT2D eigenvalue weighted by molar-refractivity contribution is -0.118. The van der Waals surface area contributed by atoms with Crippen LogP contribution in [0.1, 0.15) is 106 Å². The van der Waals surface area contributed by atoms with Crippen LogP contribution in [0.15, 0.2) is 128 Å². The molecule has 0 amide bonds. The van der Waals surface area contributed by atoms with Crippen molar-refractivity contribution in [2.24, 2.45) is 0 Å². The number of aliphatic hydroxyl groups excluding tert-OH is 1. The summed E-state index contributed by atoms with van der Waals surface area (Å²) < 4.78 is 10.3. The molecule has 2 aliphatic rings. The molecule has 4 N–H and O–H groups in total. The fraction of sp³-hybridized carbons (Fsp3) is 0.423. The minimum atomic E-state index is -0.151. The number of hydrogen-bond acceptors (Lipinski definition) is 14. The standard InChI is InChI=1S/C36H43Cl2N5O2.C35H45N7O2S/c1-26(44)22-33(39-25-27-6-12-31(37)32(38)23-27)29-9-13-35-34(24-29)40-36(43(35)17-5-16-41-14-3-2-4-15-41)28-7-10-30(11-8-28)42-18-20-45-21-19-42;1-5-17-41(20-21-43)28-10-7-26(8-11-28)35-38-32-23-27(9-13-33(32)42(35)19-6-18-40(3)4)31(22-25(2)44)36-24-29-12-14-34(45-29)30-15-16-37-39-30/h6-13,23-24,33,39H,2-5,14-22,25H2,1H3;7-16,23,31,36,43H,5-6,17-22,24H2,1-4H3,(H,37,39). The lowest BCUT2D eigenvalue weighted by Gasteiger charge is -2.29. The summed E-state index contributed by atoms with van der Waals surface area (Å²) in [6.45, 7) is 17.9. The molecule has 0 bridgehead atoms. The Morgan fingerprint density at radius 1 is 0.678 bits per heavy atom. The molecule has 19 heteroatoms. The van der Waals surface area contributed by atoms with E-state index < -0.39 is 0 Å². The summed E-state index contributed by atoms with van der Waals surface area (Å²) in [5, 5.41) is 24.9. The molecule has 2 fully saturated rings.